The number of aryl methyl sites for hydroxylation is 2. The summed E-state index contributed by atoms with van der Waals surface area (Å²) in [6, 6.07) is 9.47. The Hall–Kier alpha value is -2.54. The Morgan fingerprint density at radius 3 is 2.54 bits per heavy atom. The van der Waals surface area contributed by atoms with Gasteiger partial charge in [-0.2, -0.15) is 13.2 Å². The third kappa shape index (κ3) is 4.47. The predicted molar refractivity (Wildman–Crippen MR) is 101 cm³/mol. The van der Waals surface area contributed by atoms with E-state index in [1.54, 1.807) is 0 Å². The van der Waals surface area contributed by atoms with E-state index in [1.807, 2.05) is 43.5 Å². The third-order valence-corrected chi connectivity index (χ3v) is 4.51. The van der Waals surface area contributed by atoms with Crippen LogP contribution < -0.4 is 4.74 Å². The molecule has 3 aromatic rings. The largest absolute Gasteiger partial charge is 0.485 e. The molecule has 0 aliphatic carbocycles. The molecule has 0 saturated heterocycles. The van der Waals surface area contributed by atoms with Crippen LogP contribution in [0.4, 0.5) is 13.2 Å². The highest BCUT2D eigenvalue weighted by Gasteiger charge is 2.31. The normalized spacial score (nSPS) is 11.9. The second kappa shape index (κ2) is 8.22. The lowest BCUT2D eigenvalue weighted by Gasteiger charge is -2.12. The monoisotopic (exact) mass is 392 g/mol. The molecule has 28 heavy (non-hydrogen) atoms. The van der Waals surface area contributed by atoms with E-state index in [1.165, 1.54) is 6.07 Å². The van der Waals surface area contributed by atoms with Crippen molar-refractivity contribution >= 4 is 11.0 Å². The highest BCUT2D eigenvalue weighted by Crippen LogP contribution is 2.31. The Kier molecular flexibility index (Phi) is 5.93. The van der Waals surface area contributed by atoms with E-state index >= 15 is 0 Å². The van der Waals surface area contributed by atoms with Gasteiger partial charge in [-0.15, -0.1) is 0 Å². The number of nitrogens with zero attached hydrogens (tertiary/aromatic N) is 2. The number of hydrogen-bond donors (Lipinski definition) is 0. The van der Waals surface area contributed by atoms with E-state index in [4.69, 9.17) is 9.47 Å². The topological polar surface area (TPSA) is 36.3 Å². The standard InChI is InChI=1S/C21H23F3N2O2/c1-4-27-10-9-26-18-7-6-16(21(22,23)24)12-17(18)25-20(26)13-28-19-8-5-14(2)11-15(19)3/h5-8,11-12H,4,9-10,13H2,1-3H3. The zero-order valence-corrected chi connectivity index (χ0v) is 16.1. The highest BCUT2D eigenvalue weighted by atomic mass is 19.4. The summed E-state index contributed by atoms with van der Waals surface area (Å²) in [5.74, 6) is 1.29. The number of benzene rings is 2. The zero-order valence-electron chi connectivity index (χ0n) is 16.1. The van der Waals surface area contributed by atoms with E-state index in [0.717, 1.165) is 29.0 Å². The van der Waals surface area contributed by atoms with Gasteiger partial charge >= 0.3 is 6.18 Å². The third-order valence-electron chi connectivity index (χ3n) is 4.51. The van der Waals surface area contributed by atoms with Crippen molar-refractivity contribution in [1.29, 1.82) is 0 Å². The summed E-state index contributed by atoms with van der Waals surface area (Å²) < 4.78 is 52.3. The van der Waals surface area contributed by atoms with Crippen LogP contribution in [-0.4, -0.2) is 22.8 Å². The van der Waals surface area contributed by atoms with Gasteiger partial charge in [0.1, 0.15) is 18.2 Å². The molecule has 150 valence electrons. The van der Waals surface area contributed by atoms with Gasteiger partial charge in [-0.25, -0.2) is 4.98 Å². The van der Waals surface area contributed by atoms with Crippen molar-refractivity contribution < 1.29 is 22.6 Å². The molecule has 1 aromatic heterocycles. The summed E-state index contributed by atoms with van der Waals surface area (Å²) in [6.45, 7) is 7.51. The van der Waals surface area contributed by atoms with Crippen molar-refractivity contribution in [2.24, 2.45) is 0 Å². The summed E-state index contributed by atoms with van der Waals surface area (Å²) in [7, 11) is 0. The number of rotatable bonds is 7. The fourth-order valence-corrected chi connectivity index (χ4v) is 3.12. The van der Waals surface area contributed by atoms with Crippen molar-refractivity contribution in [3.63, 3.8) is 0 Å². The van der Waals surface area contributed by atoms with Crippen LogP contribution in [-0.2, 0) is 24.1 Å². The second-order valence-electron chi connectivity index (χ2n) is 6.64. The maximum absolute atomic E-state index is 13.0. The number of fused-ring (bicyclic) bond motifs is 1. The summed E-state index contributed by atoms with van der Waals surface area (Å²) in [6.07, 6.45) is -4.40. The van der Waals surface area contributed by atoms with Crippen LogP contribution in [0.3, 0.4) is 0 Å². The minimum Gasteiger partial charge on any atom is -0.485 e. The van der Waals surface area contributed by atoms with Gasteiger partial charge in [0.15, 0.2) is 0 Å². The molecule has 0 bridgehead atoms. The van der Waals surface area contributed by atoms with Gasteiger partial charge in [0.2, 0.25) is 0 Å². The molecule has 0 N–H and O–H groups in total. The van der Waals surface area contributed by atoms with E-state index in [0.29, 0.717) is 36.6 Å². The molecule has 0 spiro atoms. The fourth-order valence-electron chi connectivity index (χ4n) is 3.12. The Balaban J connectivity index is 1.92. The van der Waals surface area contributed by atoms with E-state index < -0.39 is 11.7 Å². The van der Waals surface area contributed by atoms with Gasteiger partial charge in [-0.05, 0) is 50.6 Å². The minimum atomic E-state index is -4.40. The first-order valence-corrected chi connectivity index (χ1v) is 9.13. The summed E-state index contributed by atoms with van der Waals surface area (Å²) >= 11 is 0. The van der Waals surface area contributed by atoms with Crippen LogP contribution >= 0.6 is 0 Å². The van der Waals surface area contributed by atoms with E-state index in [2.05, 4.69) is 4.98 Å². The van der Waals surface area contributed by atoms with Crippen LogP contribution in [0, 0.1) is 13.8 Å². The van der Waals surface area contributed by atoms with Gasteiger partial charge in [0.05, 0.1) is 23.2 Å². The summed E-state index contributed by atoms with van der Waals surface area (Å²) in [5, 5.41) is 0. The number of hydrogen-bond acceptors (Lipinski definition) is 3. The van der Waals surface area contributed by atoms with Crippen LogP contribution in [0.2, 0.25) is 0 Å². The van der Waals surface area contributed by atoms with Crippen LogP contribution in [0.5, 0.6) is 5.75 Å². The van der Waals surface area contributed by atoms with Gasteiger partial charge in [-0.1, -0.05) is 17.7 Å². The fraction of sp³-hybridized carbons (Fsp3) is 0.381. The molecule has 0 aliphatic heterocycles. The summed E-state index contributed by atoms with van der Waals surface area (Å²) in [5.41, 5.74) is 2.35. The average molecular weight is 392 g/mol. The molecule has 7 heteroatoms. The SMILES string of the molecule is CCOCCn1c(COc2ccc(C)cc2C)nc2cc(C(F)(F)F)ccc21. The van der Waals surface area contributed by atoms with Crippen molar-refractivity contribution in [3.8, 4) is 5.75 Å². The Bertz CT molecular complexity index is 964. The van der Waals surface area contributed by atoms with Crippen molar-refractivity contribution in [3.05, 3.63) is 58.9 Å². The average Bonchev–Trinajstić information content (AvgIpc) is 2.97. The first kappa shape index (κ1) is 20.2. The first-order valence-electron chi connectivity index (χ1n) is 9.13. The molecule has 4 nitrogen and oxygen atoms in total. The molecule has 0 fully saturated rings. The molecule has 1 heterocycles. The zero-order chi connectivity index (χ0) is 20.3. The lowest BCUT2D eigenvalue weighted by atomic mass is 10.1. The molecular formula is C21H23F3N2O2. The molecule has 0 aliphatic rings. The second-order valence-corrected chi connectivity index (χ2v) is 6.64. The Morgan fingerprint density at radius 2 is 1.86 bits per heavy atom. The molecular weight excluding hydrogens is 369 g/mol. The molecule has 0 saturated carbocycles. The maximum atomic E-state index is 13.0. The van der Waals surface area contributed by atoms with Gasteiger partial charge in [0, 0.05) is 13.2 Å². The highest BCUT2D eigenvalue weighted by molar-refractivity contribution is 5.77. The molecule has 0 radical (unpaired) electrons. The maximum Gasteiger partial charge on any atom is 0.416 e. The van der Waals surface area contributed by atoms with Crippen molar-refractivity contribution in [1.82, 2.24) is 9.55 Å². The van der Waals surface area contributed by atoms with E-state index in [-0.39, 0.29) is 6.61 Å². The molecule has 0 amide bonds. The number of alkyl halides is 3. The van der Waals surface area contributed by atoms with Gasteiger partial charge in [0.25, 0.3) is 0 Å². The summed E-state index contributed by atoms with van der Waals surface area (Å²) in [4.78, 5) is 4.41. The molecule has 3 rings (SSSR count). The number of halogens is 3. The molecule has 0 atom stereocenters. The molecule has 2 aromatic carbocycles. The number of imidazole rings is 1. The molecule has 0 unspecified atom stereocenters. The van der Waals surface area contributed by atoms with Crippen molar-refractivity contribution in [2.75, 3.05) is 13.2 Å². The minimum absolute atomic E-state index is 0.159. The van der Waals surface area contributed by atoms with Gasteiger partial charge < -0.3 is 14.0 Å². The number of ether oxygens (including phenoxy) is 2. The van der Waals surface area contributed by atoms with Crippen LogP contribution in [0.15, 0.2) is 36.4 Å². The Morgan fingerprint density at radius 1 is 1.07 bits per heavy atom. The lowest BCUT2D eigenvalue weighted by molar-refractivity contribution is -0.137. The van der Waals surface area contributed by atoms with Crippen molar-refractivity contribution in [2.45, 2.75) is 40.1 Å². The Labute approximate surface area is 161 Å². The van der Waals surface area contributed by atoms with Gasteiger partial charge in [-0.3, -0.25) is 0 Å². The quantitative estimate of drug-likeness (QED) is 0.513. The first-order chi connectivity index (χ1) is 13.3. The predicted octanol–water partition coefficient (Wildman–Crippen LogP) is 5.29. The van der Waals surface area contributed by atoms with Crippen LogP contribution in [0.1, 0.15) is 29.4 Å². The number of aromatic nitrogens is 2. The lowest BCUT2D eigenvalue weighted by Crippen LogP contribution is -2.12. The smallest absolute Gasteiger partial charge is 0.416 e. The van der Waals surface area contributed by atoms with E-state index in [9.17, 15) is 13.2 Å². The van der Waals surface area contributed by atoms with Crippen LogP contribution in [0.25, 0.3) is 11.0 Å².